The molecule has 1 amide bonds. The third kappa shape index (κ3) is 6.44. The number of sulfonamides is 1. The average Bonchev–Trinajstić information content (AvgIpc) is 2.89. The number of carbonyl (C=O) groups excluding carboxylic acids is 1. The highest BCUT2D eigenvalue weighted by atomic mass is 32.2. The summed E-state index contributed by atoms with van der Waals surface area (Å²) in [5.41, 5.74) is 2.66. The van der Waals surface area contributed by atoms with E-state index < -0.39 is 10.0 Å². The molecule has 0 saturated heterocycles. The molecule has 0 aliphatic carbocycles. The molecule has 0 aliphatic rings. The van der Waals surface area contributed by atoms with Crippen LogP contribution in [0, 0.1) is 0 Å². The summed E-state index contributed by atoms with van der Waals surface area (Å²) >= 11 is 1.59. The summed E-state index contributed by atoms with van der Waals surface area (Å²) in [6, 6.07) is 30.1. The monoisotopic (exact) mass is 504 g/mol. The smallest absolute Gasteiger partial charge is 0.261 e. The van der Waals surface area contributed by atoms with E-state index in [0.717, 1.165) is 10.6 Å². The second-order valence-electron chi connectivity index (χ2n) is 7.58. The molecule has 0 spiro atoms. The third-order valence-corrected chi connectivity index (χ3v) is 7.68. The summed E-state index contributed by atoms with van der Waals surface area (Å²) in [6.07, 6.45) is 0. The van der Waals surface area contributed by atoms with Crippen LogP contribution in [-0.2, 0) is 15.8 Å². The van der Waals surface area contributed by atoms with Crippen molar-refractivity contribution in [3.05, 3.63) is 114 Å². The number of hydrogen-bond donors (Lipinski definition) is 2. The lowest BCUT2D eigenvalue weighted by molar-refractivity contribution is 0.102. The van der Waals surface area contributed by atoms with Gasteiger partial charge in [-0.3, -0.25) is 9.52 Å². The zero-order valence-electron chi connectivity index (χ0n) is 19.0. The van der Waals surface area contributed by atoms with Crippen LogP contribution in [-0.4, -0.2) is 21.4 Å². The van der Waals surface area contributed by atoms with Gasteiger partial charge in [0.25, 0.3) is 15.9 Å². The van der Waals surface area contributed by atoms with Gasteiger partial charge in [-0.25, -0.2) is 8.42 Å². The van der Waals surface area contributed by atoms with E-state index in [1.165, 1.54) is 17.7 Å². The van der Waals surface area contributed by atoms with Gasteiger partial charge < -0.3 is 10.1 Å². The van der Waals surface area contributed by atoms with Gasteiger partial charge in [0.1, 0.15) is 5.75 Å². The number of rotatable bonds is 9. The number of benzene rings is 4. The fourth-order valence-corrected chi connectivity index (χ4v) is 5.37. The highest BCUT2D eigenvalue weighted by Crippen LogP contribution is 2.27. The van der Waals surface area contributed by atoms with E-state index in [4.69, 9.17) is 4.74 Å². The van der Waals surface area contributed by atoms with Gasteiger partial charge in [-0.1, -0.05) is 42.5 Å². The van der Waals surface area contributed by atoms with Gasteiger partial charge in [-0.2, -0.15) is 0 Å². The first kappa shape index (κ1) is 24.4. The molecular formula is C27H24N2O4S2. The minimum atomic E-state index is -3.78. The normalized spacial score (nSPS) is 11.0. The number of carbonyl (C=O) groups is 1. The van der Waals surface area contributed by atoms with E-state index in [2.05, 4.69) is 22.2 Å². The van der Waals surface area contributed by atoms with Crippen molar-refractivity contribution in [2.45, 2.75) is 15.5 Å². The molecular weight excluding hydrogens is 480 g/mol. The number of anilines is 2. The summed E-state index contributed by atoms with van der Waals surface area (Å²) in [6.45, 7) is 0. The molecule has 35 heavy (non-hydrogen) atoms. The van der Waals surface area contributed by atoms with Crippen molar-refractivity contribution < 1.29 is 17.9 Å². The first-order chi connectivity index (χ1) is 16.9. The molecule has 0 heterocycles. The Morgan fingerprint density at radius 1 is 0.800 bits per heavy atom. The fourth-order valence-electron chi connectivity index (χ4n) is 3.30. The highest BCUT2D eigenvalue weighted by molar-refractivity contribution is 7.98. The molecule has 0 aliphatic heterocycles. The van der Waals surface area contributed by atoms with Crippen LogP contribution in [0.2, 0.25) is 0 Å². The second kappa shape index (κ2) is 11.1. The predicted octanol–water partition coefficient (Wildman–Crippen LogP) is 6.04. The Labute approximate surface area is 209 Å². The van der Waals surface area contributed by atoms with E-state index in [1.807, 2.05) is 36.4 Å². The molecule has 0 saturated carbocycles. The van der Waals surface area contributed by atoms with Gasteiger partial charge in [-0.15, -0.1) is 11.8 Å². The van der Waals surface area contributed by atoms with Crippen LogP contribution in [0.1, 0.15) is 15.9 Å². The lowest BCUT2D eigenvalue weighted by Crippen LogP contribution is -2.14. The molecule has 4 rings (SSSR count). The molecule has 4 aromatic rings. The Morgan fingerprint density at radius 3 is 2.11 bits per heavy atom. The van der Waals surface area contributed by atoms with E-state index in [0.29, 0.717) is 22.7 Å². The van der Waals surface area contributed by atoms with Crippen LogP contribution in [0.5, 0.6) is 5.75 Å². The maximum atomic E-state index is 13.0. The second-order valence-corrected chi connectivity index (χ2v) is 10.3. The first-order valence-corrected chi connectivity index (χ1v) is 13.3. The maximum absolute atomic E-state index is 13.0. The van der Waals surface area contributed by atoms with E-state index in [-0.39, 0.29) is 10.8 Å². The Balaban J connectivity index is 1.42. The molecule has 0 radical (unpaired) electrons. The predicted molar refractivity (Wildman–Crippen MR) is 141 cm³/mol. The lowest BCUT2D eigenvalue weighted by Gasteiger charge is -2.11. The fraction of sp³-hybridized carbons (Fsp3) is 0.0741. The average molecular weight is 505 g/mol. The number of nitrogens with one attached hydrogen (secondary N) is 2. The Hall–Kier alpha value is -3.75. The minimum Gasteiger partial charge on any atom is -0.497 e. The molecule has 6 nitrogen and oxygen atoms in total. The molecule has 0 aromatic heterocycles. The van der Waals surface area contributed by atoms with Crippen LogP contribution in [0.25, 0.3) is 0 Å². The summed E-state index contributed by atoms with van der Waals surface area (Å²) in [5.74, 6) is 1.13. The molecule has 0 unspecified atom stereocenters. The van der Waals surface area contributed by atoms with Gasteiger partial charge in [0.05, 0.1) is 17.6 Å². The molecule has 0 fully saturated rings. The zero-order valence-corrected chi connectivity index (χ0v) is 20.6. The van der Waals surface area contributed by atoms with Crippen LogP contribution in [0.4, 0.5) is 11.4 Å². The van der Waals surface area contributed by atoms with Crippen molar-refractivity contribution in [3.63, 3.8) is 0 Å². The molecule has 178 valence electrons. The van der Waals surface area contributed by atoms with Crippen LogP contribution in [0.3, 0.4) is 0 Å². The molecule has 2 N–H and O–H groups in total. The van der Waals surface area contributed by atoms with Crippen LogP contribution >= 0.6 is 11.8 Å². The maximum Gasteiger partial charge on any atom is 0.261 e. The number of ether oxygens (including phenoxy) is 1. The number of thioether (sulfide) groups is 1. The van der Waals surface area contributed by atoms with E-state index >= 15 is 0 Å². The molecule has 8 heteroatoms. The number of amides is 1. The number of methoxy groups -OCH3 is 1. The van der Waals surface area contributed by atoms with Crippen molar-refractivity contribution in [2.24, 2.45) is 0 Å². The van der Waals surface area contributed by atoms with Gasteiger partial charge in [-0.05, 0) is 66.2 Å². The van der Waals surface area contributed by atoms with Gasteiger partial charge in [0, 0.05) is 22.0 Å². The van der Waals surface area contributed by atoms with E-state index in [9.17, 15) is 13.2 Å². The molecule has 4 aromatic carbocycles. The largest absolute Gasteiger partial charge is 0.497 e. The topological polar surface area (TPSA) is 84.5 Å². The van der Waals surface area contributed by atoms with Gasteiger partial charge in [0.15, 0.2) is 0 Å². The zero-order chi connectivity index (χ0) is 24.7. The standard InChI is InChI=1S/C27H24N2O4S2/c1-33-23-15-11-22(12-16-23)29-35(31,32)24-17-13-21(14-18-24)28-27(30)25-9-5-6-10-26(25)34-19-20-7-3-2-4-8-20/h2-18,29H,19H2,1H3,(H,28,30). The van der Waals surface area contributed by atoms with Crippen molar-refractivity contribution >= 4 is 39.1 Å². The van der Waals surface area contributed by atoms with E-state index in [1.54, 1.807) is 61.3 Å². The highest BCUT2D eigenvalue weighted by Gasteiger charge is 2.16. The number of hydrogen-bond acceptors (Lipinski definition) is 5. The van der Waals surface area contributed by atoms with Crippen molar-refractivity contribution in [1.29, 1.82) is 0 Å². The Bertz CT molecular complexity index is 1390. The van der Waals surface area contributed by atoms with Crippen molar-refractivity contribution in [3.8, 4) is 5.75 Å². The quantitative estimate of drug-likeness (QED) is 0.272. The minimum absolute atomic E-state index is 0.0881. The van der Waals surface area contributed by atoms with Crippen molar-refractivity contribution in [2.75, 3.05) is 17.1 Å². The SMILES string of the molecule is COc1ccc(NS(=O)(=O)c2ccc(NC(=O)c3ccccc3SCc3ccccc3)cc2)cc1. The Morgan fingerprint density at radius 2 is 1.43 bits per heavy atom. The van der Waals surface area contributed by atoms with Gasteiger partial charge >= 0.3 is 0 Å². The summed E-state index contributed by atoms with van der Waals surface area (Å²) in [4.78, 5) is 13.9. The molecule has 0 atom stereocenters. The van der Waals surface area contributed by atoms with Crippen LogP contribution in [0.15, 0.2) is 113 Å². The van der Waals surface area contributed by atoms with Gasteiger partial charge in [0.2, 0.25) is 0 Å². The third-order valence-electron chi connectivity index (χ3n) is 5.13. The summed E-state index contributed by atoms with van der Waals surface area (Å²) in [7, 11) is -2.23. The first-order valence-electron chi connectivity index (χ1n) is 10.8. The van der Waals surface area contributed by atoms with Crippen LogP contribution < -0.4 is 14.8 Å². The summed E-state index contributed by atoms with van der Waals surface area (Å²) < 4.78 is 33.0. The summed E-state index contributed by atoms with van der Waals surface area (Å²) in [5, 5.41) is 2.86. The molecule has 0 bridgehead atoms. The van der Waals surface area contributed by atoms with Crippen molar-refractivity contribution in [1.82, 2.24) is 0 Å². The lowest BCUT2D eigenvalue weighted by atomic mass is 10.2. The Kier molecular flexibility index (Phi) is 7.74.